The van der Waals surface area contributed by atoms with Crippen molar-refractivity contribution < 1.29 is 54.6 Å². The van der Waals surface area contributed by atoms with Crippen LogP contribution in [0.4, 0.5) is 40.8 Å². The molecular weight excluding hydrogens is 634 g/mol. The largest absolute Gasteiger partial charge is 0.509 e. The van der Waals surface area contributed by atoms with E-state index in [-0.39, 0.29) is 25.3 Å². The number of rotatable bonds is 7. The van der Waals surface area contributed by atoms with Gasteiger partial charge in [0, 0.05) is 12.1 Å². The molecule has 3 heterocycles. The molecule has 1 fully saturated rings. The van der Waals surface area contributed by atoms with Crippen LogP contribution in [0.1, 0.15) is 36.6 Å². The van der Waals surface area contributed by atoms with E-state index < -0.39 is 75.9 Å². The predicted molar refractivity (Wildman–Crippen MR) is 144 cm³/mol. The summed E-state index contributed by atoms with van der Waals surface area (Å²) >= 11 is 0. The first-order chi connectivity index (χ1) is 21.5. The Morgan fingerprint density at radius 2 is 1.80 bits per heavy atom. The maximum absolute atomic E-state index is 13.8. The molecule has 0 spiro atoms. The van der Waals surface area contributed by atoms with Crippen LogP contribution in [0.2, 0.25) is 0 Å². The van der Waals surface area contributed by atoms with Crippen LogP contribution in [0.5, 0.6) is 5.75 Å². The SMILES string of the molecule is C[C@]12CCCN1N(Cc1cccc(OC(F)F)c1)C(=O)C(C(=O)Nc1ccc(C(F)(F)F)cc1-c1cc(C(F)(F)F)ncn1)=C2O. The first kappa shape index (κ1) is 32.6. The zero-order chi connectivity index (χ0) is 33.6. The maximum atomic E-state index is 13.8. The first-order valence-electron chi connectivity index (χ1n) is 13.5. The lowest BCUT2D eigenvalue weighted by Gasteiger charge is -2.46. The van der Waals surface area contributed by atoms with E-state index >= 15 is 0 Å². The highest BCUT2D eigenvalue weighted by molar-refractivity contribution is 6.24. The summed E-state index contributed by atoms with van der Waals surface area (Å²) < 4.78 is 111. The van der Waals surface area contributed by atoms with Gasteiger partial charge in [-0.1, -0.05) is 12.1 Å². The van der Waals surface area contributed by atoms with E-state index in [2.05, 4.69) is 20.0 Å². The number of amides is 2. The Labute approximate surface area is 255 Å². The molecule has 17 heteroatoms. The minimum absolute atomic E-state index is 0.189. The van der Waals surface area contributed by atoms with Gasteiger partial charge in [0.25, 0.3) is 11.8 Å². The molecule has 1 aromatic heterocycles. The number of carbonyl (C=O) groups is 2. The summed E-state index contributed by atoms with van der Waals surface area (Å²) in [4.78, 5) is 34.2. The summed E-state index contributed by atoms with van der Waals surface area (Å²) in [6.07, 6.45) is -8.63. The molecule has 46 heavy (non-hydrogen) atoms. The fourth-order valence-electron chi connectivity index (χ4n) is 5.43. The van der Waals surface area contributed by atoms with Crippen molar-refractivity contribution in [2.24, 2.45) is 0 Å². The van der Waals surface area contributed by atoms with Gasteiger partial charge < -0.3 is 15.2 Å². The Bertz CT molecular complexity index is 1710. The van der Waals surface area contributed by atoms with Gasteiger partial charge in [-0.25, -0.2) is 15.0 Å². The van der Waals surface area contributed by atoms with Crippen molar-refractivity contribution in [1.82, 2.24) is 20.0 Å². The van der Waals surface area contributed by atoms with Gasteiger partial charge >= 0.3 is 19.0 Å². The molecule has 0 aliphatic carbocycles. The molecule has 2 N–H and O–H groups in total. The molecule has 0 saturated carbocycles. The summed E-state index contributed by atoms with van der Waals surface area (Å²) in [5.74, 6) is -3.11. The summed E-state index contributed by atoms with van der Waals surface area (Å²) in [6, 6.07) is 7.70. The molecule has 9 nitrogen and oxygen atoms in total. The number of carbonyl (C=O) groups excluding carboxylic acids is 2. The molecule has 0 bridgehead atoms. The lowest BCUT2D eigenvalue weighted by Crippen LogP contribution is -2.60. The minimum atomic E-state index is -4.97. The molecule has 0 unspecified atom stereocenters. The first-order valence-corrected chi connectivity index (χ1v) is 13.5. The quantitative estimate of drug-likeness (QED) is 0.226. The topological polar surface area (TPSA) is 108 Å². The van der Waals surface area contributed by atoms with Crippen LogP contribution in [0, 0.1) is 0 Å². The Balaban J connectivity index is 1.53. The summed E-state index contributed by atoms with van der Waals surface area (Å²) in [5, 5.41) is 16.1. The molecule has 1 saturated heterocycles. The number of benzene rings is 2. The lowest BCUT2D eigenvalue weighted by molar-refractivity contribution is -0.160. The van der Waals surface area contributed by atoms with E-state index in [1.54, 1.807) is 6.92 Å². The van der Waals surface area contributed by atoms with Crippen LogP contribution in [-0.4, -0.2) is 55.6 Å². The second-order valence-electron chi connectivity index (χ2n) is 10.6. The summed E-state index contributed by atoms with van der Waals surface area (Å²) in [5.41, 5.74) is -6.07. The number of anilines is 1. The minimum Gasteiger partial charge on any atom is -0.509 e. The third kappa shape index (κ3) is 6.31. The van der Waals surface area contributed by atoms with Gasteiger partial charge in [-0.15, -0.1) is 0 Å². The third-order valence-electron chi connectivity index (χ3n) is 7.60. The van der Waals surface area contributed by atoms with Crippen molar-refractivity contribution >= 4 is 17.5 Å². The number of aliphatic hydroxyl groups is 1. The van der Waals surface area contributed by atoms with Crippen molar-refractivity contribution in [3.63, 3.8) is 0 Å². The molecule has 1 atom stereocenters. The molecular formula is C29H23F8N5O4. The average Bonchev–Trinajstić information content (AvgIpc) is 3.37. The highest BCUT2D eigenvalue weighted by Gasteiger charge is 2.52. The highest BCUT2D eigenvalue weighted by atomic mass is 19.4. The van der Waals surface area contributed by atoms with Gasteiger partial charge in [0.15, 0.2) is 0 Å². The molecule has 2 aromatic carbocycles. The Morgan fingerprint density at radius 1 is 1.07 bits per heavy atom. The van der Waals surface area contributed by atoms with Crippen LogP contribution in [0.25, 0.3) is 11.3 Å². The third-order valence-corrected chi connectivity index (χ3v) is 7.60. The number of halogens is 8. The predicted octanol–water partition coefficient (Wildman–Crippen LogP) is 6.35. The number of aliphatic hydroxyl groups excluding tert-OH is 1. The Hall–Kier alpha value is -4.80. The van der Waals surface area contributed by atoms with Gasteiger partial charge in [0.05, 0.1) is 29.0 Å². The van der Waals surface area contributed by atoms with Gasteiger partial charge in [-0.05, 0) is 61.7 Å². The van der Waals surface area contributed by atoms with Crippen LogP contribution in [0.3, 0.4) is 0 Å². The Kier molecular flexibility index (Phi) is 8.40. The van der Waals surface area contributed by atoms with Crippen molar-refractivity contribution in [3.05, 3.63) is 83.0 Å². The molecule has 3 aromatic rings. The standard InChI is InChI=1S/C29H23F8N5O4/c1-27-8-3-9-42(27)41(13-15-4-2-5-17(10-15)46-26(30)31)25(45)22(23(27)43)24(44)40-19-7-6-16(28(32,33)34)11-18(19)20-12-21(29(35,36)37)39-14-38-20/h2,4-7,10-12,14,26,43H,3,8-9,13H2,1H3,(H,40,44)/t27-/m1/s1. The number of hydrogen-bond acceptors (Lipinski definition) is 7. The number of alkyl halides is 8. The number of nitrogens with one attached hydrogen (secondary N) is 1. The normalized spacial score (nSPS) is 19.1. The van der Waals surface area contributed by atoms with Gasteiger partial charge in [-0.2, -0.15) is 35.1 Å². The van der Waals surface area contributed by atoms with E-state index in [1.165, 1.54) is 29.3 Å². The number of ether oxygens (including phenoxy) is 1. The molecule has 2 amide bonds. The monoisotopic (exact) mass is 657 g/mol. The van der Waals surface area contributed by atoms with Crippen molar-refractivity contribution in [2.75, 3.05) is 11.9 Å². The zero-order valence-corrected chi connectivity index (χ0v) is 23.6. The second-order valence-corrected chi connectivity index (χ2v) is 10.6. The zero-order valence-electron chi connectivity index (χ0n) is 23.6. The van der Waals surface area contributed by atoms with Crippen LogP contribution in [-0.2, 0) is 28.5 Å². The van der Waals surface area contributed by atoms with E-state index in [1.807, 2.05) is 0 Å². The molecule has 244 valence electrons. The van der Waals surface area contributed by atoms with Gasteiger partial charge in [-0.3, -0.25) is 14.6 Å². The number of nitrogens with zero attached hydrogens (tertiary/aromatic N) is 4. The maximum Gasteiger partial charge on any atom is 0.433 e. The number of fused-ring (bicyclic) bond motifs is 1. The van der Waals surface area contributed by atoms with Gasteiger partial charge in [0.2, 0.25) is 0 Å². The summed E-state index contributed by atoms with van der Waals surface area (Å²) in [6.45, 7) is -1.53. The number of hydrazine groups is 1. The molecule has 2 aliphatic rings. The molecule has 5 rings (SSSR count). The van der Waals surface area contributed by atoms with Crippen molar-refractivity contribution in [1.29, 1.82) is 0 Å². The van der Waals surface area contributed by atoms with E-state index in [0.29, 0.717) is 36.5 Å². The number of aromatic nitrogens is 2. The molecule has 2 aliphatic heterocycles. The van der Waals surface area contributed by atoms with Gasteiger partial charge in [0.1, 0.15) is 29.1 Å². The van der Waals surface area contributed by atoms with Crippen LogP contribution < -0.4 is 10.1 Å². The fourth-order valence-corrected chi connectivity index (χ4v) is 5.43. The number of hydrogen-bond donors (Lipinski definition) is 2. The van der Waals surface area contributed by atoms with Crippen LogP contribution in [0.15, 0.2) is 66.2 Å². The van der Waals surface area contributed by atoms with E-state index in [9.17, 15) is 49.8 Å². The van der Waals surface area contributed by atoms with Crippen molar-refractivity contribution in [2.45, 2.75) is 50.8 Å². The lowest BCUT2D eigenvalue weighted by atomic mass is 9.90. The second kappa shape index (κ2) is 11.9. The highest BCUT2D eigenvalue weighted by Crippen LogP contribution is 2.43. The van der Waals surface area contributed by atoms with E-state index in [4.69, 9.17) is 0 Å². The smallest absolute Gasteiger partial charge is 0.433 e. The Morgan fingerprint density at radius 3 is 2.48 bits per heavy atom. The average molecular weight is 658 g/mol. The van der Waals surface area contributed by atoms with Crippen molar-refractivity contribution in [3.8, 4) is 17.0 Å². The van der Waals surface area contributed by atoms with E-state index in [0.717, 1.165) is 11.1 Å². The molecule has 0 radical (unpaired) electrons. The fraction of sp³-hybridized carbons (Fsp3) is 0.310. The summed E-state index contributed by atoms with van der Waals surface area (Å²) in [7, 11) is 0. The van der Waals surface area contributed by atoms with Crippen LogP contribution >= 0.6 is 0 Å².